The summed E-state index contributed by atoms with van der Waals surface area (Å²) in [7, 11) is 0. The summed E-state index contributed by atoms with van der Waals surface area (Å²) in [5.41, 5.74) is 1.26. The van der Waals surface area contributed by atoms with Crippen molar-refractivity contribution in [3.05, 3.63) is 72.2 Å². The molecule has 2 atom stereocenters. The quantitative estimate of drug-likeness (QED) is 0.654. The van der Waals surface area contributed by atoms with Gasteiger partial charge >= 0.3 is 0 Å². The van der Waals surface area contributed by atoms with Gasteiger partial charge in [0, 0.05) is 12.1 Å². The van der Waals surface area contributed by atoms with E-state index < -0.39 is 0 Å². The van der Waals surface area contributed by atoms with E-state index in [9.17, 15) is 4.79 Å². The van der Waals surface area contributed by atoms with Crippen LogP contribution in [0.2, 0.25) is 0 Å². The number of hydrogen-bond acceptors (Lipinski definition) is 3. The molecule has 2 aromatic carbocycles. The molecule has 1 aliphatic rings. The van der Waals surface area contributed by atoms with Crippen LogP contribution in [-0.4, -0.2) is 23.4 Å². The number of carbonyl (C=O) groups excluding carboxylic acids is 1. The van der Waals surface area contributed by atoms with Gasteiger partial charge in [-0.15, -0.1) is 0 Å². The standard InChI is InChI=1S/C23H26N2O2/c1-16(22-8-5-13-27-22)24-23(26)15-25(21-11-12-21)17(2)19-10-9-18-6-3-4-7-20(18)14-19/h3-10,13-14,16-17,21H,11-12,15H2,1-2H3,(H,24,26). The lowest BCUT2D eigenvalue weighted by Crippen LogP contribution is -2.40. The average Bonchev–Trinajstić information content (AvgIpc) is 3.37. The van der Waals surface area contributed by atoms with Gasteiger partial charge in [0.2, 0.25) is 5.91 Å². The lowest BCUT2D eigenvalue weighted by molar-refractivity contribution is -0.123. The van der Waals surface area contributed by atoms with Gasteiger partial charge in [-0.1, -0.05) is 36.4 Å². The van der Waals surface area contributed by atoms with Crippen molar-refractivity contribution < 1.29 is 9.21 Å². The van der Waals surface area contributed by atoms with Gasteiger partial charge < -0.3 is 9.73 Å². The highest BCUT2D eigenvalue weighted by molar-refractivity contribution is 5.83. The van der Waals surface area contributed by atoms with Gasteiger partial charge in [0.1, 0.15) is 5.76 Å². The minimum atomic E-state index is -0.121. The molecule has 0 radical (unpaired) electrons. The molecule has 3 aromatic rings. The fourth-order valence-electron chi connectivity index (χ4n) is 3.71. The maximum absolute atomic E-state index is 12.6. The molecule has 1 heterocycles. The lowest BCUT2D eigenvalue weighted by Gasteiger charge is -2.29. The molecule has 4 rings (SSSR count). The molecule has 1 amide bonds. The number of fused-ring (bicyclic) bond motifs is 1. The van der Waals surface area contributed by atoms with Gasteiger partial charge in [0.15, 0.2) is 0 Å². The number of furan rings is 1. The molecule has 4 nitrogen and oxygen atoms in total. The van der Waals surface area contributed by atoms with Crippen LogP contribution in [0.25, 0.3) is 10.8 Å². The summed E-state index contributed by atoms with van der Waals surface area (Å²) >= 11 is 0. The summed E-state index contributed by atoms with van der Waals surface area (Å²) in [4.78, 5) is 15.0. The van der Waals surface area contributed by atoms with Crippen LogP contribution in [0.4, 0.5) is 0 Å². The van der Waals surface area contributed by atoms with Gasteiger partial charge in [-0.3, -0.25) is 9.69 Å². The maximum Gasteiger partial charge on any atom is 0.234 e. The molecule has 0 saturated heterocycles. The Labute approximate surface area is 160 Å². The van der Waals surface area contributed by atoms with E-state index in [1.165, 1.54) is 29.2 Å². The first-order chi connectivity index (χ1) is 13.1. The molecule has 1 aliphatic carbocycles. The van der Waals surface area contributed by atoms with Crippen LogP contribution in [0.5, 0.6) is 0 Å². The van der Waals surface area contributed by atoms with Crippen LogP contribution in [0.3, 0.4) is 0 Å². The van der Waals surface area contributed by atoms with E-state index in [1.54, 1.807) is 6.26 Å². The van der Waals surface area contributed by atoms with Crippen LogP contribution in [0.1, 0.15) is 50.1 Å². The predicted molar refractivity (Wildman–Crippen MR) is 107 cm³/mol. The molecule has 27 heavy (non-hydrogen) atoms. The average molecular weight is 362 g/mol. The fraction of sp³-hybridized carbons (Fsp3) is 0.348. The van der Waals surface area contributed by atoms with Gasteiger partial charge in [-0.05, 0) is 61.2 Å². The van der Waals surface area contributed by atoms with E-state index >= 15 is 0 Å². The highest BCUT2D eigenvalue weighted by Gasteiger charge is 2.34. The first-order valence-electron chi connectivity index (χ1n) is 9.69. The zero-order valence-electron chi connectivity index (χ0n) is 15.9. The third-order valence-electron chi connectivity index (χ3n) is 5.44. The first kappa shape index (κ1) is 17.8. The first-order valence-corrected chi connectivity index (χ1v) is 9.69. The van der Waals surface area contributed by atoms with E-state index in [0.717, 1.165) is 5.76 Å². The maximum atomic E-state index is 12.6. The number of benzene rings is 2. The second-order valence-electron chi connectivity index (χ2n) is 7.49. The Morgan fingerprint density at radius 3 is 2.59 bits per heavy atom. The molecule has 0 bridgehead atoms. The number of amides is 1. The third kappa shape index (κ3) is 4.06. The number of carbonyl (C=O) groups is 1. The highest BCUT2D eigenvalue weighted by Crippen LogP contribution is 2.34. The smallest absolute Gasteiger partial charge is 0.234 e. The van der Waals surface area contributed by atoms with Gasteiger partial charge in [-0.25, -0.2) is 0 Å². The Morgan fingerprint density at radius 2 is 1.89 bits per heavy atom. The van der Waals surface area contributed by atoms with E-state index in [-0.39, 0.29) is 18.0 Å². The second kappa shape index (κ2) is 7.57. The number of hydrogen-bond donors (Lipinski definition) is 1. The van der Waals surface area contributed by atoms with Gasteiger partial charge in [0.25, 0.3) is 0 Å². The molecule has 1 fully saturated rings. The van der Waals surface area contributed by atoms with Crippen molar-refractivity contribution in [2.45, 2.75) is 44.8 Å². The topological polar surface area (TPSA) is 45.5 Å². The Kier molecular flexibility index (Phi) is 4.99. The number of rotatable bonds is 7. The molecular weight excluding hydrogens is 336 g/mol. The monoisotopic (exact) mass is 362 g/mol. The van der Waals surface area contributed by atoms with Gasteiger partial charge in [-0.2, -0.15) is 0 Å². The molecular formula is C23H26N2O2. The molecule has 4 heteroatoms. The summed E-state index contributed by atoms with van der Waals surface area (Å²) in [6, 6.07) is 19.3. The summed E-state index contributed by atoms with van der Waals surface area (Å²) in [6.07, 6.45) is 3.97. The van der Waals surface area contributed by atoms with Crippen molar-refractivity contribution in [1.29, 1.82) is 0 Å². The minimum Gasteiger partial charge on any atom is -0.467 e. The van der Waals surface area contributed by atoms with Crippen LogP contribution in [0.15, 0.2) is 65.3 Å². The molecule has 1 N–H and O–H groups in total. The van der Waals surface area contributed by atoms with Crippen LogP contribution < -0.4 is 5.32 Å². The van der Waals surface area contributed by atoms with Crippen molar-refractivity contribution in [2.24, 2.45) is 0 Å². The number of nitrogens with zero attached hydrogens (tertiary/aromatic N) is 1. The Balaban J connectivity index is 1.47. The zero-order chi connectivity index (χ0) is 18.8. The van der Waals surface area contributed by atoms with Crippen LogP contribution in [-0.2, 0) is 4.79 Å². The molecule has 0 spiro atoms. The van der Waals surface area contributed by atoms with Crippen molar-refractivity contribution in [3.63, 3.8) is 0 Å². The van der Waals surface area contributed by atoms with Crippen molar-refractivity contribution in [1.82, 2.24) is 10.2 Å². The molecule has 140 valence electrons. The van der Waals surface area contributed by atoms with Gasteiger partial charge in [0.05, 0.1) is 18.8 Å². The third-order valence-corrected chi connectivity index (χ3v) is 5.44. The summed E-state index contributed by atoms with van der Waals surface area (Å²) in [6.45, 7) is 4.56. The summed E-state index contributed by atoms with van der Waals surface area (Å²) in [5.74, 6) is 0.822. The zero-order valence-corrected chi connectivity index (χ0v) is 15.9. The van der Waals surface area contributed by atoms with E-state index in [1.807, 2.05) is 19.1 Å². The summed E-state index contributed by atoms with van der Waals surface area (Å²) in [5, 5.41) is 5.55. The molecule has 2 unspecified atom stereocenters. The van der Waals surface area contributed by atoms with E-state index in [4.69, 9.17) is 4.42 Å². The van der Waals surface area contributed by atoms with E-state index in [2.05, 4.69) is 59.6 Å². The molecule has 0 aliphatic heterocycles. The SMILES string of the molecule is CC(NC(=O)CN(C1CC1)C(C)c1ccc2ccccc2c1)c1ccco1. The molecule has 1 saturated carbocycles. The lowest BCUT2D eigenvalue weighted by atomic mass is 10.0. The highest BCUT2D eigenvalue weighted by atomic mass is 16.3. The largest absolute Gasteiger partial charge is 0.467 e. The molecule has 1 aromatic heterocycles. The fourth-order valence-corrected chi connectivity index (χ4v) is 3.71. The minimum absolute atomic E-state index is 0.0402. The van der Waals surface area contributed by atoms with Crippen molar-refractivity contribution >= 4 is 16.7 Å². The Morgan fingerprint density at radius 1 is 1.11 bits per heavy atom. The van der Waals surface area contributed by atoms with E-state index in [0.29, 0.717) is 12.6 Å². The normalized spacial score (nSPS) is 16.4. The predicted octanol–water partition coefficient (Wildman–Crippen LogP) is 4.84. The summed E-state index contributed by atoms with van der Waals surface area (Å²) < 4.78 is 5.39. The van der Waals surface area contributed by atoms with Crippen molar-refractivity contribution in [2.75, 3.05) is 6.54 Å². The van der Waals surface area contributed by atoms with Crippen LogP contribution >= 0.6 is 0 Å². The Hall–Kier alpha value is -2.59. The second-order valence-corrected chi connectivity index (χ2v) is 7.49. The Bertz CT molecular complexity index is 915. The number of nitrogens with one attached hydrogen (secondary N) is 1. The van der Waals surface area contributed by atoms with Crippen molar-refractivity contribution in [3.8, 4) is 0 Å². The van der Waals surface area contributed by atoms with Crippen LogP contribution in [0, 0.1) is 0 Å².